The SMILES string of the molecule is c1ccc(-n2ccnc2)c(Cn2ccnc2-c2ccsc2)c1. The molecule has 0 aliphatic heterocycles. The van der Waals surface area contributed by atoms with Gasteiger partial charge in [-0.15, -0.1) is 0 Å². The molecule has 0 amide bonds. The van der Waals surface area contributed by atoms with Crippen LogP contribution in [0.2, 0.25) is 0 Å². The minimum absolute atomic E-state index is 0.777. The lowest BCUT2D eigenvalue weighted by Gasteiger charge is -2.12. The molecule has 108 valence electrons. The van der Waals surface area contributed by atoms with Gasteiger partial charge < -0.3 is 9.13 Å². The van der Waals surface area contributed by atoms with E-state index in [1.807, 2.05) is 35.6 Å². The summed E-state index contributed by atoms with van der Waals surface area (Å²) in [5, 5.41) is 4.20. The van der Waals surface area contributed by atoms with E-state index in [2.05, 4.69) is 49.6 Å². The summed E-state index contributed by atoms with van der Waals surface area (Å²) in [6.07, 6.45) is 9.47. The first-order valence-corrected chi connectivity index (χ1v) is 7.96. The van der Waals surface area contributed by atoms with Crippen molar-refractivity contribution in [3.05, 3.63) is 77.8 Å². The van der Waals surface area contributed by atoms with Crippen molar-refractivity contribution in [2.75, 3.05) is 0 Å². The Hall–Kier alpha value is -2.66. The third kappa shape index (κ3) is 2.35. The monoisotopic (exact) mass is 306 g/mol. The van der Waals surface area contributed by atoms with E-state index < -0.39 is 0 Å². The maximum atomic E-state index is 4.50. The quantitative estimate of drug-likeness (QED) is 0.574. The Morgan fingerprint density at radius 3 is 2.82 bits per heavy atom. The molecule has 0 unspecified atom stereocenters. The van der Waals surface area contributed by atoms with Crippen LogP contribution in [-0.2, 0) is 6.54 Å². The zero-order chi connectivity index (χ0) is 14.8. The summed E-state index contributed by atoms with van der Waals surface area (Å²) in [5.41, 5.74) is 3.54. The van der Waals surface area contributed by atoms with Crippen LogP contribution in [0, 0.1) is 0 Å². The average molecular weight is 306 g/mol. The van der Waals surface area contributed by atoms with Gasteiger partial charge in [0, 0.05) is 35.7 Å². The molecule has 0 saturated carbocycles. The summed E-state index contributed by atoms with van der Waals surface area (Å²) in [6.45, 7) is 0.777. The van der Waals surface area contributed by atoms with Crippen molar-refractivity contribution >= 4 is 11.3 Å². The molecule has 4 aromatic rings. The van der Waals surface area contributed by atoms with E-state index in [-0.39, 0.29) is 0 Å². The highest BCUT2D eigenvalue weighted by Crippen LogP contribution is 2.23. The second kappa shape index (κ2) is 5.61. The molecule has 0 N–H and O–H groups in total. The van der Waals surface area contributed by atoms with Crippen LogP contribution < -0.4 is 0 Å². The molecule has 22 heavy (non-hydrogen) atoms. The fourth-order valence-electron chi connectivity index (χ4n) is 2.57. The number of aromatic nitrogens is 4. The fourth-order valence-corrected chi connectivity index (χ4v) is 3.20. The Labute approximate surface area is 132 Å². The van der Waals surface area contributed by atoms with Crippen molar-refractivity contribution in [1.82, 2.24) is 19.1 Å². The molecular weight excluding hydrogens is 292 g/mol. The first-order valence-electron chi connectivity index (χ1n) is 7.02. The molecule has 1 aromatic carbocycles. The summed E-state index contributed by atoms with van der Waals surface area (Å²) in [6, 6.07) is 10.5. The summed E-state index contributed by atoms with van der Waals surface area (Å²) in [4.78, 5) is 8.64. The molecule has 0 spiro atoms. The van der Waals surface area contributed by atoms with Crippen molar-refractivity contribution in [3.63, 3.8) is 0 Å². The molecule has 5 heteroatoms. The van der Waals surface area contributed by atoms with Crippen LogP contribution in [0.1, 0.15) is 5.56 Å². The molecule has 3 aromatic heterocycles. The molecular formula is C17H14N4S. The predicted molar refractivity (Wildman–Crippen MR) is 88.2 cm³/mol. The Kier molecular flexibility index (Phi) is 3.33. The highest BCUT2D eigenvalue weighted by molar-refractivity contribution is 7.08. The van der Waals surface area contributed by atoms with Gasteiger partial charge in [-0.1, -0.05) is 18.2 Å². The van der Waals surface area contributed by atoms with E-state index in [9.17, 15) is 0 Å². The number of imidazole rings is 2. The van der Waals surface area contributed by atoms with Crippen LogP contribution in [-0.4, -0.2) is 19.1 Å². The highest BCUT2D eigenvalue weighted by atomic mass is 32.1. The zero-order valence-electron chi connectivity index (χ0n) is 11.8. The lowest BCUT2D eigenvalue weighted by molar-refractivity contribution is 0.798. The molecule has 0 radical (unpaired) electrons. The van der Waals surface area contributed by atoms with Crippen LogP contribution in [0.25, 0.3) is 17.1 Å². The van der Waals surface area contributed by atoms with Crippen molar-refractivity contribution in [3.8, 4) is 17.1 Å². The number of para-hydroxylation sites is 1. The Morgan fingerprint density at radius 1 is 1.05 bits per heavy atom. The van der Waals surface area contributed by atoms with Gasteiger partial charge in [-0.3, -0.25) is 0 Å². The summed E-state index contributed by atoms with van der Waals surface area (Å²) < 4.78 is 4.22. The molecule has 0 aliphatic carbocycles. The summed E-state index contributed by atoms with van der Waals surface area (Å²) in [7, 11) is 0. The van der Waals surface area contributed by atoms with Crippen LogP contribution >= 0.6 is 11.3 Å². The minimum Gasteiger partial charge on any atom is -0.326 e. The van der Waals surface area contributed by atoms with Crippen LogP contribution in [0.4, 0.5) is 0 Å². The standard InChI is InChI=1S/C17H14N4S/c1-2-4-16(21-8-6-18-13-21)14(3-1)11-20-9-7-19-17(20)15-5-10-22-12-15/h1-10,12-13H,11H2. The number of benzene rings is 1. The summed E-state index contributed by atoms with van der Waals surface area (Å²) in [5.74, 6) is 1.00. The largest absolute Gasteiger partial charge is 0.326 e. The van der Waals surface area contributed by atoms with E-state index in [4.69, 9.17) is 0 Å². The molecule has 0 saturated heterocycles. The molecule has 0 atom stereocenters. The Morgan fingerprint density at radius 2 is 2.00 bits per heavy atom. The topological polar surface area (TPSA) is 35.6 Å². The highest BCUT2D eigenvalue weighted by Gasteiger charge is 2.09. The van der Waals surface area contributed by atoms with Crippen molar-refractivity contribution in [1.29, 1.82) is 0 Å². The van der Waals surface area contributed by atoms with Gasteiger partial charge in [0.05, 0.1) is 18.6 Å². The van der Waals surface area contributed by atoms with E-state index in [1.165, 1.54) is 5.56 Å². The van der Waals surface area contributed by atoms with E-state index in [1.54, 1.807) is 17.5 Å². The lowest BCUT2D eigenvalue weighted by atomic mass is 10.1. The van der Waals surface area contributed by atoms with Gasteiger partial charge in [0.2, 0.25) is 0 Å². The number of nitrogens with zero attached hydrogens (tertiary/aromatic N) is 4. The maximum absolute atomic E-state index is 4.50. The number of rotatable bonds is 4. The second-order valence-electron chi connectivity index (χ2n) is 4.99. The fraction of sp³-hybridized carbons (Fsp3) is 0.0588. The third-order valence-corrected chi connectivity index (χ3v) is 4.29. The smallest absolute Gasteiger partial charge is 0.141 e. The molecule has 4 nitrogen and oxygen atoms in total. The maximum Gasteiger partial charge on any atom is 0.141 e. The van der Waals surface area contributed by atoms with Gasteiger partial charge in [-0.25, -0.2) is 9.97 Å². The lowest BCUT2D eigenvalue weighted by Crippen LogP contribution is -2.05. The third-order valence-electron chi connectivity index (χ3n) is 3.61. The average Bonchev–Trinajstić information content (AvgIpc) is 3.30. The molecule has 0 fully saturated rings. The van der Waals surface area contributed by atoms with Crippen LogP contribution in [0.3, 0.4) is 0 Å². The van der Waals surface area contributed by atoms with E-state index >= 15 is 0 Å². The number of hydrogen-bond acceptors (Lipinski definition) is 3. The van der Waals surface area contributed by atoms with Gasteiger partial charge in [-0.05, 0) is 23.1 Å². The second-order valence-corrected chi connectivity index (χ2v) is 5.77. The molecule has 0 bridgehead atoms. The summed E-state index contributed by atoms with van der Waals surface area (Å²) >= 11 is 1.69. The molecule has 0 aliphatic rings. The van der Waals surface area contributed by atoms with E-state index in [0.29, 0.717) is 0 Å². The van der Waals surface area contributed by atoms with Gasteiger partial charge >= 0.3 is 0 Å². The zero-order valence-corrected chi connectivity index (χ0v) is 12.6. The predicted octanol–water partition coefficient (Wildman–Crippen LogP) is 3.85. The van der Waals surface area contributed by atoms with Gasteiger partial charge in [0.15, 0.2) is 0 Å². The first kappa shape index (κ1) is 13.0. The number of thiophene rings is 1. The van der Waals surface area contributed by atoms with Crippen molar-refractivity contribution < 1.29 is 0 Å². The van der Waals surface area contributed by atoms with E-state index in [0.717, 1.165) is 23.6 Å². The van der Waals surface area contributed by atoms with Crippen LogP contribution in [0.15, 0.2) is 72.2 Å². The van der Waals surface area contributed by atoms with Gasteiger partial charge in [-0.2, -0.15) is 11.3 Å². The normalized spacial score (nSPS) is 10.9. The van der Waals surface area contributed by atoms with Crippen molar-refractivity contribution in [2.45, 2.75) is 6.54 Å². The van der Waals surface area contributed by atoms with Gasteiger partial charge in [0.25, 0.3) is 0 Å². The van der Waals surface area contributed by atoms with Crippen LogP contribution in [0.5, 0.6) is 0 Å². The van der Waals surface area contributed by atoms with Crippen molar-refractivity contribution in [2.24, 2.45) is 0 Å². The molecule has 3 heterocycles. The van der Waals surface area contributed by atoms with Gasteiger partial charge in [0.1, 0.15) is 5.82 Å². The first-order chi connectivity index (χ1) is 10.9. The number of hydrogen-bond donors (Lipinski definition) is 0. The molecule has 4 rings (SSSR count). The Balaban J connectivity index is 1.73. The minimum atomic E-state index is 0.777. The Bertz CT molecular complexity index is 860.